The van der Waals surface area contributed by atoms with Crippen LogP contribution < -0.4 is 10.4 Å². The molecular weight excluding hydrogens is 621 g/mol. The van der Waals surface area contributed by atoms with Gasteiger partial charge in [0.1, 0.15) is 6.10 Å². The first-order valence-electron chi connectivity index (χ1n) is 14.9. The second-order valence-corrected chi connectivity index (χ2v) is 14.1. The van der Waals surface area contributed by atoms with E-state index < -0.39 is 48.8 Å². The van der Waals surface area contributed by atoms with Crippen molar-refractivity contribution in [2.24, 2.45) is 0 Å². The first-order chi connectivity index (χ1) is 21.4. The van der Waals surface area contributed by atoms with Gasteiger partial charge in [0.25, 0.3) is 5.91 Å². The lowest BCUT2D eigenvalue weighted by atomic mass is 10.2. The first-order valence-corrected chi connectivity index (χ1v) is 16.3. The molecule has 1 atom stereocenters. The minimum absolute atomic E-state index is 0.0123. The summed E-state index contributed by atoms with van der Waals surface area (Å²) < 4.78 is 64.0. The van der Waals surface area contributed by atoms with E-state index in [9.17, 15) is 22.9 Å². The quantitative estimate of drug-likeness (QED) is 0.117. The van der Waals surface area contributed by atoms with E-state index in [1.165, 1.54) is 25.3 Å². The van der Waals surface area contributed by atoms with Crippen LogP contribution in [0.5, 0.6) is 0 Å². The number of phosphoric ester groups is 1. The minimum Gasteiger partial charge on any atom is -0.445 e. The summed E-state index contributed by atoms with van der Waals surface area (Å²) in [7, 11) is -3.92. The maximum Gasteiger partial charge on any atom is 0.475 e. The van der Waals surface area contributed by atoms with Gasteiger partial charge in [-0.15, -0.1) is 5.01 Å². The average Bonchev–Trinajstić information content (AvgIpc) is 2.93. The lowest BCUT2D eigenvalue weighted by Gasteiger charge is -2.33. The molecule has 0 saturated carbocycles. The number of phosphoric acid groups is 1. The zero-order valence-corrected chi connectivity index (χ0v) is 28.4. The summed E-state index contributed by atoms with van der Waals surface area (Å²) in [5.41, 5.74) is 1.05. The van der Waals surface area contributed by atoms with Gasteiger partial charge in [0.2, 0.25) is 0 Å². The van der Waals surface area contributed by atoms with Crippen LogP contribution in [0.2, 0.25) is 0 Å². The van der Waals surface area contributed by atoms with Gasteiger partial charge >= 0.3 is 13.9 Å². The Bertz CT molecular complexity index is 1540. The molecule has 1 aromatic heterocycles. The molecular formula is C32H43F2N4O7P. The van der Waals surface area contributed by atoms with Crippen molar-refractivity contribution in [1.82, 2.24) is 15.5 Å². The van der Waals surface area contributed by atoms with Crippen molar-refractivity contribution in [3.8, 4) is 0 Å². The lowest BCUT2D eigenvalue weighted by Crippen LogP contribution is -2.57. The molecule has 0 saturated heterocycles. The Morgan fingerprint density at radius 3 is 2.22 bits per heavy atom. The number of hydrogen-bond acceptors (Lipinski definition) is 9. The predicted molar refractivity (Wildman–Crippen MR) is 170 cm³/mol. The third kappa shape index (κ3) is 11.1. The number of carbonyl (C=O) groups excluding carboxylic acids is 2. The molecule has 3 rings (SSSR count). The summed E-state index contributed by atoms with van der Waals surface area (Å²) in [4.78, 5) is 30.9. The number of fused-ring (bicyclic) bond motifs is 1. The average molecular weight is 665 g/mol. The number of hydrazine groups is 2. The zero-order valence-electron chi connectivity index (χ0n) is 27.5. The Balaban J connectivity index is 1.77. The van der Waals surface area contributed by atoms with E-state index in [2.05, 4.69) is 10.4 Å². The molecule has 11 nitrogen and oxygen atoms in total. The van der Waals surface area contributed by atoms with Crippen molar-refractivity contribution in [3.63, 3.8) is 0 Å². The summed E-state index contributed by atoms with van der Waals surface area (Å²) in [5.74, 6) is -2.75. The molecule has 252 valence electrons. The monoisotopic (exact) mass is 664 g/mol. The number of halogens is 2. The lowest BCUT2D eigenvalue weighted by molar-refractivity contribution is -0.133. The molecule has 0 aliphatic carbocycles. The number of rotatable bonds is 12. The van der Waals surface area contributed by atoms with Crippen molar-refractivity contribution in [1.29, 1.82) is 0 Å². The van der Waals surface area contributed by atoms with Crippen LogP contribution in [-0.4, -0.2) is 46.0 Å². The van der Waals surface area contributed by atoms with Gasteiger partial charge in [-0.25, -0.2) is 28.6 Å². The van der Waals surface area contributed by atoms with Gasteiger partial charge in [0, 0.05) is 30.6 Å². The molecule has 1 N–H and O–H groups in total. The molecule has 0 fully saturated rings. The summed E-state index contributed by atoms with van der Waals surface area (Å²) in [6.45, 7) is 12.9. The second-order valence-electron chi connectivity index (χ2n) is 12.6. The number of ether oxygens (including phenoxy) is 1. The maximum atomic E-state index is 14.4. The Labute approximate surface area is 268 Å². The molecule has 0 aliphatic rings. The van der Waals surface area contributed by atoms with Crippen molar-refractivity contribution in [2.75, 3.05) is 11.6 Å². The van der Waals surface area contributed by atoms with Gasteiger partial charge in [-0.05, 0) is 78.8 Å². The molecule has 0 unspecified atom stereocenters. The van der Waals surface area contributed by atoms with Crippen molar-refractivity contribution in [2.45, 2.75) is 92.1 Å². The standard InChI is InChI=1S/C32H43F2N4O7P/c1-22(13-12-18-42-46(41,44-31(3,4)5)45-32(6,7)8)43-30(40)37(28-19-24-14-9-10-15-25(24)20-35-28)38(23(2)39)36-21-26-16-11-17-27(33)29(26)34/h9-11,14-17,19-20,22,36H,12-13,18,21H2,1-8H3/t22-/m0/s1. The van der Waals surface area contributed by atoms with Crippen LogP contribution in [0.4, 0.5) is 19.4 Å². The van der Waals surface area contributed by atoms with E-state index in [1.807, 2.05) is 24.3 Å². The highest BCUT2D eigenvalue weighted by Crippen LogP contribution is 2.55. The fourth-order valence-electron chi connectivity index (χ4n) is 4.20. The van der Waals surface area contributed by atoms with Gasteiger partial charge in [-0.3, -0.25) is 18.4 Å². The predicted octanol–water partition coefficient (Wildman–Crippen LogP) is 7.85. The first kappa shape index (κ1) is 37.0. The van der Waals surface area contributed by atoms with Gasteiger partial charge in [0.15, 0.2) is 17.5 Å². The number of pyridine rings is 1. The fraction of sp³-hybridized carbons (Fsp3) is 0.469. The highest BCUT2D eigenvalue weighted by Gasteiger charge is 2.37. The Morgan fingerprint density at radius 2 is 1.61 bits per heavy atom. The summed E-state index contributed by atoms with van der Waals surface area (Å²) in [5, 5.41) is 3.25. The van der Waals surface area contributed by atoms with Gasteiger partial charge in [-0.1, -0.05) is 36.4 Å². The summed E-state index contributed by atoms with van der Waals surface area (Å²) >= 11 is 0. The van der Waals surface area contributed by atoms with Crippen molar-refractivity contribution in [3.05, 3.63) is 71.9 Å². The third-order valence-corrected chi connectivity index (χ3v) is 8.07. The van der Waals surface area contributed by atoms with Crippen LogP contribution in [0.1, 0.15) is 73.8 Å². The molecule has 46 heavy (non-hydrogen) atoms. The molecule has 2 aromatic carbocycles. The Kier molecular flexibility index (Phi) is 12.4. The third-order valence-electron chi connectivity index (χ3n) is 6.03. The number of benzene rings is 2. The topological polar surface area (TPSA) is 120 Å². The largest absolute Gasteiger partial charge is 0.475 e. The number of nitrogens with zero attached hydrogens (tertiary/aromatic N) is 3. The van der Waals surface area contributed by atoms with Crippen LogP contribution >= 0.6 is 7.82 Å². The van der Waals surface area contributed by atoms with E-state index >= 15 is 0 Å². The fourth-order valence-corrected chi connectivity index (χ4v) is 6.04. The minimum atomic E-state index is -3.92. The van der Waals surface area contributed by atoms with E-state index in [-0.39, 0.29) is 31.0 Å². The molecule has 0 aliphatic heterocycles. The van der Waals surface area contributed by atoms with Crippen LogP contribution in [0.15, 0.2) is 54.7 Å². The highest BCUT2D eigenvalue weighted by atomic mass is 31.2. The number of nitrogens with one attached hydrogen (secondary N) is 1. The molecule has 0 radical (unpaired) electrons. The molecule has 2 amide bonds. The van der Waals surface area contributed by atoms with E-state index in [1.54, 1.807) is 54.5 Å². The Hall–Kier alpha value is -3.48. The number of hydrogen-bond donors (Lipinski definition) is 1. The Morgan fingerprint density at radius 1 is 0.978 bits per heavy atom. The van der Waals surface area contributed by atoms with Crippen LogP contribution in [0, 0.1) is 11.6 Å². The second kappa shape index (κ2) is 15.4. The van der Waals surface area contributed by atoms with E-state index in [0.29, 0.717) is 6.42 Å². The van der Waals surface area contributed by atoms with E-state index in [4.69, 9.17) is 18.3 Å². The molecule has 0 spiro atoms. The summed E-state index contributed by atoms with van der Waals surface area (Å²) in [6, 6.07) is 12.5. The van der Waals surface area contributed by atoms with Crippen LogP contribution in [0.3, 0.4) is 0 Å². The molecule has 0 bridgehead atoms. The van der Waals surface area contributed by atoms with Crippen LogP contribution in [0.25, 0.3) is 10.8 Å². The number of amides is 2. The number of anilines is 1. The number of aromatic nitrogens is 1. The number of carbonyl (C=O) groups is 2. The van der Waals surface area contributed by atoms with Crippen LogP contribution in [-0.2, 0) is 34.2 Å². The normalized spacial score (nSPS) is 13.0. The van der Waals surface area contributed by atoms with E-state index in [0.717, 1.165) is 27.0 Å². The molecule has 3 aromatic rings. The molecule has 14 heteroatoms. The zero-order chi connectivity index (χ0) is 34.3. The highest BCUT2D eigenvalue weighted by molar-refractivity contribution is 7.48. The maximum absolute atomic E-state index is 14.4. The van der Waals surface area contributed by atoms with Gasteiger partial charge in [0.05, 0.1) is 17.8 Å². The SMILES string of the molecule is CC(=O)N(NCc1cccc(F)c1F)N(C(=O)O[C@@H](C)CCCOP(=O)(OC(C)(C)C)OC(C)(C)C)c1cc2ccccc2cn1. The van der Waals surface area contributed by atoms with Crippen molar-refractivity contribution >= 4 is 36.4 Å². The summed E-state index contributed by atoms with van der Waals surface area (Å²) in [6.07, 6.45) is 0.490. The van der Waals surface area contributed by atoms with Gasteiger partial charge < -0.3 is 4.74 Å². The van der Waals surface area contributed by atoms with Crippen molar-refractivity contribution < 1.29 is 41.2 Å². The smallest absolute Gasteiger partial charge is 0.445 e. The molecule has 1 heterocycles. The van der Waals surface area contributed by atoms with Gasteiger partial charge in [-0.2, -0.15) is 5.12 Å².